The van der Waals surface area contributed by atoms with Crippen LogP contribution in [0.25, 0.3) is 0 Å². The number of alkyl halides is 1. The molecule has 1 aliphatic rings. The monoisotopic (exact) mass is 269 g/mol. The summed E-state index contributed by atoms with van der Waals surface area (Å²) in [6.45, 7) is 1.23. The van der Waals surface area contributed by atoms with Crippen LogP contribution in [0.3, 0.4) is 0 Å². The fourth-order valence-corrected chi connectivity index (χ4v) is 3.19. The summed E-state index contributed by atoms with van der Waals surface area (Å²) in [4.78, 5) is 0. The fourth-order valence-electron chi connectivity index (χ4n) is 1.72. The number of hydrogen-bond donors (Lipinski definition) is 0. The van der Waals surface area contributed by atoms with E-state index in [1.807, 2.05) is 0 Å². The van der Waals surface area contributed by atoms with Gasteiger partial charge in [0.1, 0.15) is 0 Å². The van der Waals surface area contributed by atoms with Crippen LogP contribution >= 0.6 is 11.6 Å². The highest BCUT2D eigenvalue weighted by molar-refractivity contribution is 7.89. The van der Waals surface area contributed by atoms with Crippen molar-refractivity contribution in [3.8, 4) is 0 Å². The standard InChI is InChI=1S/C10H20ClNO3S/c1-12(9-10-5-4-7-15-10)16(13,14)8-3-2-6-11/h10H,2-9H2,1H3. The molecule has 1 atom stereocenters. The van der Waals surface area contributed by atoms with E-state index in [4.69, 9.17) is 16.3 Å². The summed E-state index contributed by atoms with van der Waals surface area (Å²) in [5, 5.41) is 0. The van der Waals surface area contributed by atoms with Gasteiger partial charge in [-0.2, -0.15) is 0 Å². The second kappa shape index (κ2) is 6.79. The van der Waals surface area contributed by atoms with E-state index in [0.29, 0.717) is 18.8 Å². The summed E-state index contributed by atoms with van der Waals surface area (Å²) in [6.07, 6.45) is 3.44. The van der Waals surface area contributed by atoms with Gasteiger partial charge in [0.25, 0.3) is 0 Å². The third-order valence-electron chi connectivity index (χ3n) is 2.75. The normalized spacial score (nSPS) is 21.8. The minimum Gasteiger partial charge on any atom is -0.377 e. The lowest BCUT2D eigenvalue weighted by atomic mass is 10.2. The van der Waals surface area contributed by atoms with Gasteiger partial charge in [0.15, 0.2) is 0 Å². The van der Waals surface area contributed by atoms with Crippen molar-refractivity contribution in [2.24, 2.45) is 0 Å². The first-order chi connectivity index (χ1) is 7.56. The van der Waals surface area contributed by atoms with Crippen LogP contribution in [-0.4, -0.2) is 50.7 Å². The molecule has 1 rings (SSSR count). The van der Waals surface area contributed by atoms with Crippen LogP contribution in [0.15, 0.2) is 0 Å². The minimum atomic E-state index is -3.13. The van der Waals surface area contributed by atoms with Crippen LogP contribution < -0.4 is 0 Å². The zero-order chi connectivity index (χ0) is 12.0. The van der Waals surface area contributed by atoms with Crippen LogP contribution in [0.1, 0.15) is 25.7 Å². The molecule has 0 bridgehead atoms. The molecule has 1 heterocycles. The van der Waals surface area contributed by atoms with E-state index in [1.165, 1.54) is 4.31 Å². The summed E-state index contributed by atoms with van der Waals surface area (Å²) >= 11 is 5.52. The van der Waals surface area contributed by atoms with Crippen molar-refractivity contribution in [3.05, 3.63) is 0 Å². The summed E-state index contributed by atoms with van der Waals surface area (Å²) in [7, 11) is -1.50. The number of likely N-dealkylation sites (N-methyl/N-ethyl adjacent to an activating group) is 1. The molecule has 1 unspecified atom stereocenters. The largest absolute Gasteiger partial charge is 0.377 e. The minimum absolute atomic E-state index is 0.0767. The number of nitrogens with zero attached hydrogens (tertiary/aromatic N) is 1. The van der Waals surface area contributed by atoms with Gasteiger partial charge in [-0.25, -0.2) is 12.7 Å². The molecule has 1 fully saturated rings. The third kappa shape index (κ3) is 4.57. The molecule has 0 amide bonds. The molecule has 96 valence electrons. The van der Waals surface area contributed by atoms with Gasteiger partial charge < -0.3 is 4.74 Å². The van der Waals surface area contributed by atoms with E-state index in [1.54, 1.807) is 7.05 Å². The zero-order valence-electron chi connectivity index (χ0n) is 9.69. The Hall–Kier alpha value is 0.160. The van der Waals surface area contributed by atoms with Crippen molar-refractivity contribution in [3.63, 3.8) is 0 Å². The Balaban J connectivity index is 2.35. The molecule has 0 aromatic heterocycles. The molecule has 0 aromatic rings. The van der Waals surface area contributed by atoms with Gasteiger partial charge in [-0.15, -0.1) is 11.6 Å². The number of unbranched alkanes of at least 4 members (excludes halogenated alkanes) is 1. The van der Waals surface area contributed by atoms with E-state index in [2.05, 4.69) is 0 Å². The first-order valence-electron chi connectivity index (χ1n) is 5.68. The first-order valence-corrected chi connectivity index (χ1v) is 7.82. The van der Waals surface area contributed by atoms with E-state index < -0.39 is 10.0 Å². The highest BCUT2D eigenvalue weighted by atomic mass is 35.5. The average Bonchev–Trinajstić information content (AvgIpc) is 2.70. The van der Waals surface area contributed by atoms with Crippen molar-refractivity contribution in [2.45, 2.75) is 31.8 Å². The molecule has 0 aromatic carbocycles. The Morgan fingerprint density at radius 3 is 2.75 bits per heavy atom. The van der Waals surface area contributed by atoms with Crippen LogP contribution in [0, 0.1) is 0 Å². The number of rotatable bonds is 7. The van der Waals surface area contributed by atoms with E-state index in [0.717, 1.165) is 25.9 Å². The Labute approximate surface area is 103 Å². The van der Waals surface area contributed by atoms with Crippen LogP contribution in [-0.2, 0) is 14.8 Å². The third-order valence-corrected chi connectivity index (χ3v) is 4.92. The van der Waals surface area contributed by atoms with E-state index in [-0.39, 0.29) is 11.9 Å². The van der Waals surface area contributed by atoms with Gasteiger partial charge in [-0.05, 0) is 25.7 Å². The van der Waals surface area contributed by atoms with Crippen molar-refractivity contribution < 1.29 is 13.2 Å². The molecule has 4 nitrogen and oxygen atoms in total. The highest BCUT2D eigenvalue weighted by Crippen LogP contribution is 2.14. The second-order valence-corrected chi connectivity index (χ2v) is 6.70. The van der Waals surface area contributed by atoms with Gasteiger partial charge in [-0.1, -0.05) is 0 Å². The molecule has 0 saturated carbocycles. The highest BCUT2D eigenvalue weighted by Gasteiger charge is 2.23. The van der Waals surface area contributed by atoms with Gasteiger partial charge >= 0.3 is 0 Å². The SMILES string of the molecule is CN(CC1CCCO1)S(=O)(=O)CCCCCl. The zero-order valence-corrected chi connectivity index (χ0v) is 11.3. The molecule has 16 heavy (non-hydrogen) atoms. The lowest BCUT2D eigenvalue weighted by molar-refractivity contribution is 0.0979. The molecule has 0 N–H and O–H groups in total. The van der Waals surface area contributed by atoms with E-state index in [9.17, 15) is 8.42 Å². The van der Waals surface area contributed by atoms with Crippen molar-refractivity contribution in [1.29, 1.82) is 0 Å². The summed E-state index contributed by atoms with van der Waals surface area (Å²) in [6, 6.07) is 0. The Kier molecular flexibility index (Phi) is 6.03. The maximum atomic E-state index is 11.8. The summed E-state index contributed by atoms with van der Waals surface area (Å²) in [5.41, 5.74) is 0. The predicted molar refractivity (Wildman–Crippen MR) is 65.3 cm³/mol. The Morgan fingerprint density at radius 1 is 1.44 bits per heavy atom. The molecule has 0 radical (unpaired) electrons. The van der Waals surface area contributed by atoms with Gasteiger partial charge in [0, 0.05) is 26.1 Å². The van der Waals surface area contributed by atoms with Crippen LogP contribution in [0.4, 0.5) is 0 Å². The lowest BCUT2D eigenvalue weighted by Crippen LogP contribution is -2.35. The molecule has 0 spiro atoms. The number of hydrogen-bond acceptors (Lipinski definition) is 3. The van der Waals surface area contributed by atoms with Crippen LogP contribution in [0.5, 0.6) is 0 Å². The maximum Gasteiger partial charge on any atom is 0.213 e. The topological polar surface area (TPSA) is 46.6 Å². The molecule has 1 saturated heterocycles. The van der Waals surface area contributed by atoms with Crippen molar-refractivity contribution in [1.82, 2.24) is 4.31 Å². The number of halogens is 1. The summed E-state index contributed by atoms with van der Waals surface area (Å²) in [5.74, 6) is 0.702. The lowest BCUT2D eigenvalue weighted by Gasteiger charge is -2.20. The van der Waals surface area contributed by atoms with Crippen molar-refractivity contribution in [2.75, 3.05) is 31.8 Å². The number of sulfonamides is 1. The van der Waals surface area contributed by atoms with Crippen LogP contribution in [0.2, 0.25) is 0 Å². The smallest absolute Gasteiger partial charge is 0.213 e. The predicted octanol–water partition coefficient (Wildman–Crippen LogP) is 1.45. The number of ether oxygens (including phenoxy) is 1. The van der Waals surface area contributed by atoms with Gasteiger partial charge in [0.05, 0.1) is 11.9 Å². The second-order valence-electron chi connectivity index (χ2n) is 4.13. The molecule has 1 aliphatic heterocycles. The Morgan fingerprint density at radius 2 is 2.19 bits per heavy atom. The first kappa shape index (κ1) is 14.2. The quantitative estimate of drug-likeness (QED) is 0.519. The molecular formula is C10H20ClNO3S. The summed E-state index contributed by atoms with van der Waals surface area (Å²) < 4.78 is 30.5. The molecule has 6 heteroatoms. The molecular weight excluding hydrogens is 250 g/mol. The van der Waals surface area contributed by atoms with Gasteiger partial charge in [-0.3, -0.25) is 0 Å². The Bertz CT molecular complexity index is 288. The van der Waals surface area contributed by atoms with Crippen molar-refractivity contribution >= 4 is 21.6 Å². The molecule has 0 aliphatic carbocycles. The van der Waals surface area contributed by atoms with E-state index >= 15 is 0 Å². The van der Waals surface area contributed by atoms with Gasteiger partial charge in [0.2, 0.25) is 10.0 Å². The fraction of sp³-hybridized carbons (Fsp3) is 1.00. The average molecular weight is 270 g/mol. The maximum absolute atomic E-state index is 11.8.